The molecule has 1 aliphatic heterocycles. The summed E-state index contributed by atoms with van der Waals surface area (Å²) in [7, 11) is 0. The Morgan fingerprint density at radius 1 is 1.23 bits per heavy atom. The number of aromatic nitrogens is 4. The van der Waals surface area contributed by atoms with Crippen molar-refractivity contribution in [2.45, 2.75) is 13.5 Å². The van der Waals surface area contributed by atoms with Gasteiger partial charge in [-0.25, -0.2) is 4.98 Å². The summed E-state index contributed by atoms with van der Waals surface area (Å²) < 4.78 is 5.35. The van der Waals surface area contributed by atoms with E-state index >= 15 is 0 Å². The van der Waals surface area contributed by atoms with Crippen LogP contribution in [0.1, 0.15) is 22.1 Å². The van der Waals surface area contributed by atoms with Gasteiger partial charge in [-0.2, -0.15) is 4.98 Å². The Morgan fingerprint density at radius 2 is 2.08 bits per heavy atom. The summed E-state index contributed by atoms with van der Waals surface area (Å²) in [5.74, 6) is 1.15. The van der Waals surface area contributed by atoms with Crippen LogP contribution < -0.4 is 0 Å². The molecule has 0 saturated carbocycles. The lowest BCUT2D eigenvalue weighted by Gasteiger charge is -2.33. The summed E-state index contributed by atoms with van der Waals surface area (Å²) in [6, 6.07) is 3.93. The lowest BCUT2D eigenvalue weighted by atomic mass is 10.2. The smallest absolute Gasteiger partial charge is 0.274 e. The van der Waals surface area contributed by atoms with Crippen LogP contribution in [-0.4, -0.2) is 62.0 Å². The first kappa shape index (κ1) is 16.8. The Kier molecular flexibility index (Phi) is 4.72. The maximum absolute atomic E-state index is 12.5. The van der Waals surface area contributed by atoms with Gasteiger partial charge in [0.1, 0.15) is 5.69 Å². The summed E-state index contributed by atoms with van der Waals surface area (Å²) >= 11 is 1.58. The van der Waals surface area contributed by atoms with Crippen molar-refractivity contribution in [2.75, 3.05) is 26.2 Å². The van der Waals surface area contributed by atoms with Gasteiger partial charge >= 0.3 is 0 Å². The number of thiophene rings is 1. The van der Waals surface area contributed by atoms with E-state index in [1.807, 2.05) is 24.4 Å². The minimum absolute atomic E-state index is 0.0741. The zero-order valence-electron chi connectivity index (χ0n) is 14.3. The molecule has 0 N–H and O–H groups in total. The molecule has 1 fully saturated rings. The Bertz CT molecular complexity index is 869. The fraction of sp³-hybridized carbons (Fsp3) is 0.353. The van der Waals surface area contributed by atoms with E-state index in [-0.39, 0.29) is 5.91 Å². The molecule has 1 aliphatic rings. The van der Waals surface area contributed by atoms with E-state index in [4.69, 9.17) is 4.52 Å². The van der Waals surface area contributed by atoms with Crippen molar-refractivity contribution in [2.24, 2.45) is 0 Å². The van der Waals surface area contributed by atoms with Gasteiger partial charge in [0, 0.05) is 32.4 Å². The van der Waals surface area contributed by atoms with Crippen LogP contribution in [0.4, 0.5) is 0 Å². The highest BCUT2D eigenvalue weighted by Crippen LogP contribution is 2.21. The van der Waals surface area contributed by atoms with Gasteiger partial charge in [-0.05, 0) is 18.4 Å². The third-order valence-corrected chi connectivity index (χ3v) is 5.09. The van der Waals surface area contributed by atoms with E-state index in [1.54, 1.807) is 22.4 Å². The maximum atomic E-state index is 12.5. The third-order valence-electron chi connectivity index (χ3n) is 4.23. The number of rotatable bonds is 4. The first-order valence-electron chi connectivity index (χ1n) is 8.36. The Morgan fingerprint density at radius 3 is 2.77 bits per heavy atom. The molecule has 3 aromatic rings. The number of hydrogen-bond acceptors (Lipinski definition) is 8. The highest BCUT2D eigenvalue weighted by Gasteiger charge is 2.24. The van der Waals surface area contributed by atoms with Gasteiger partial charge in [0.2, 0.25) is 11.7 Å². The lowest BCUT2D eigenvalue weighted by Crippen LogP contribution is -2.48. The quantitative estimate of drug-likeness (QED) is 0.692. The minimum atomic E-state index is -0.0741. The molecule has 0 unspecified atom stereocenters. The number of carbonyl (C=O) groups is 1. The van der Waals surface area contributed by atoms with Crippen molar-refractivity contribution in [1.29, 1.82) is 0 Å². The molecule has 26 heavy (non-hydrogen) atoms. The molecule has 4 heterocycles. The fourth-order valence-electron chi connectivity index (χ4n) is 2.79. The Hall–Kier alpha value is -2.65. The summed E-state index contributed by atoms with van der Waals surface area (Å²) in [6.45, 7) is 5.22. The molecule has 0 atom stereocenters. The largest absolute Gasteiger partial charge is 0.338 e. The van der Waals surface area contributed by atoms with Crippen LogP contribution in [0, 0.1) is 6.92 Å². The van der Waals surface area contributed by atoms with Crippen molar-refractivity contribution < 1.29 is 9.32 Å². The highest BCUT2D eigenvalue weighted by atomic mass is 32.1. The van der Waals surface area contributed by atoms with Crippen molar-refractivity contribution in [3.63, 3.8) is 0 Å². The van der Waals surface area contributed by atoms with E-state index in [1.165, 1.54) is 6.20 Å². The molecule has 1 saturated heterocycles. The monoisotopic (exact) mass is 370 g/mol. The van der Waals surface area contributed by atoms with Crippen LogP contribution in [0.5, 0.6) is 0 Å². The van der Waals surface area contributed by atoms with Gasteiger partial charge < -0.3 is 9.42 Å². The fourth-order valence-corrected chi connectivity index (χ4v) is 3.44. The third kappa shape index (κ3) is 3.63. The SMILES string of the molecule is Cc1cnc(C(=O)N2CCN(Cc3nc(-c4cccs4)no3)CC2)cn1. The number of amides is 1. The second kappa shape index (κ2) is 7.30. The first-order chi connectivity index (χ1) is 12.7. The number of nitrogens with zero attached hydrogens (tertiary/aromatic N) is 6. The van der Waals surface area contributed by atoms with Crippen LogP contribution in [0.2, 0.25) is 0 Å². The average molecular weight is 370 g/mol. The number of aryl methyl sites for hydroxylation is 1. The minimum Gasteiger partial charge on any atom is -0.338 e. The topological polar surface area (TPSA) is 88.3 Å². The predicted octanol–water partition coefficient (Wildman–Crippen LogP) is 1.85. The highest BCUT2D eigenvalue weighted by molar-refractivity contribution is 7.13. The molecule has 0 bridgehead atoms. The second-order valence-electron chi connectivity index (χ2n) is 6.10. The summed E-state index contributed by atoms with van der Waals surface area (Å²) in [6.07, 6.45) is 3.15. The molecule has 1 amide bonds. The zero-order chi connectivity index (χ0) is 17.9. The molecular weight excluding hydrogens is 352 g/mol. The number of piperazine rings is 1. The van der Waals surface area contributed by atoms with E-state index < -0.39 is 0 Å². The molecule has 3 aromatic heterocycles. The first-order valence-corrected chi connectivity index (χ1v) is 9.24. The van der Waals surface area contributed by atoms with Crippen LogP contribution in [0.15, 0.2) is 34.4 Å². The van der Waals surface area contributed by atoms with Crippen molar-refractivity contribution in [3.05, 3.63) is 47.2 Å². The molecule has 0 radical (unpaired) electrons. The van der Waals surface area contributed by atoms with Crippen molar-refractivity contribution in [1.82, 2.24) is 29.9 Å². The number of hydrogen-bond donors (Lipinski definition) is 0. The molecule has 8 nitrogen and oxygen atoms in total. The van der Waals surface area contributed by atoms with Crippen molar-refractivity contribution in [3.8, 4) is 10.7 Å². The van der Waals surface area contributed by atoms with Crippen LogP contribution in [0.25, 0.3) is 10.7 Å². The zero-order valence-corrected chi connectivity index (χ0v) is 15.1. The Balaban J connectivity index is 1.32. The predicted molar refractivity (Wildman–Crippen MR) is 95.6 cm³/mol. The van der Waals surface area contributed by atoms with E-state index in [0.29, 0.717) is 37.0 Å². The maximum Gasteiger partial charge on any atom is 0.274 e. The molecule has 9 heteroatoms. The van der Waals surface area contributed by atoms with Gasteiger partial charge in [-0.1, -0.05) is 11.2 Å². The average Bonchev–Trinajstić information content (AvgIpc) is 3.34. The molecular formula is C17H18N6O2S. The van der Waals surface area contributed by atoms with Crippen molar-refractivity contribution >= 4 is 17.2 Å². The summed E-state index contributed by atoms with van der Waals surface area (Å²) in [4.78, 5) is 30.2. The standard InChI is InChI=1S/C17H18N6O2S/c1-12-9-19-13(10-18-12)17(24)23-6-4-22(5-7-23)11-15-20-16(21-25-15)14-3-2-8-26-14/h2-3,8-10H,4-7,11H2,1H3. The van der Waals surface area contributed by atoms with Gasteiger partial charge in [-0.15, -0.1) is 11.3 Å². The van der Waals surface area contributed by atoms with Gasteiger partial charge in [0.25, 0.3) is 5.91 Å². The second-order valence-corrected chi connectivity index (χ2v) is 7.05. The molecule has 0 spiro atoms. The summed E-state index contributed by atoms with van der Waals surface area (Å²) in [5.41, 5.74) is 1.19. The lowest BCUT2D eigenvalue weighted by molar-refractivity contribution is 0.0609. The van der Waals surface area contributed by atoms with E-state index in [9.17, 15) is 4.79 Å². The molecule has 0 aliphatic carbocycles. The van der Waals surface area contributed by atoms with Gasteiger partial charge in [0.15, 0.2) is 0 Å². The van der Waals surface area contributed by atoms with Crippen LogP contribution >= 0.6 is 11.3 Å². The summed E-state index contributed by atoms with van der Waals surface area (Å²) in [5, 5.41) is 6.02. The van der Waals surface area contributed by atoms with Crippen LogP contribution in [-0.2, 0) is 6.54 Å². The number of carbonyl (C=O) groups excluding carboxylic acids is 1. The van der Waals surface area contributed by atoms with Gasteiger partial charge in [-0.3, -0.25) is 14.7 Å². The van der Waals surface area contributed by atoms with Gasteiger partial charge in [0.05, 0.1) is 23.3 Å². The molecule has 4 rings (SSSR count). The van der Waals surface area contributed by atoms with Crippen LogP contribution in [0.3, 0.4) is 0 Å². The van der Waals surface area contributed by atoms with E-state index in [2.05, 4.69) is 25.0 Å². The normalized spacial score (nSPS) is 15.3. The van der Waals surface area contributed by atoms with E-state index in [0.717, 1.165) is 23.7 Å². The molecule has 0 aromatic carbocycles. The Labute approximate surface area is 154 Å². The molecule has 134 valence electrons.